The highest BCUT2D eigenvalue weighted by Crippen LogP contribution is 2.28. The van der Waals surface area contributed by atoms with Crippen molar-refractivity contribution < 1.29 is 38.6 Å². The summed E-state index contributed by atoms with van der Waals surface area (Å²) in [7, 11) is 0. The van der Waals surface area contributed by atoms with Crippen LogP contribution in [0.4, 0.5) is 4.79 Å². The Hall–Kier alpha value is -5.12. The second-order valence-electron chi connectivity index (χ2n) is 17.4. The lowest BCUT2D eigenvalue weighted by Crippen LogP contribution is -2.57. The van der Waals surface area contributed by atoms with Crippen molar-refractivity contribution in [3.63, 3.8) is 0 Å². The molecular weight excluding hydrogens is 785 g/mol. The van der Waals surface area contributed by atoms with Crippen molar-refractivity contribution in [3.05, 3.63) is 82.5 Å². The lowest BCUT2D eigenvalue weighted by molar-refractivity contribution is -0.144. The molecule has 0 saturated carbocycles. The number of aryl methyl sites for hydroxylation is 1. The molecule has 3 unspecified atom stereocenters. The molecule has 4 rings (SSSR count). The first-order valence-electron chi connectivity index (χ1n) is 20.4. The second kappa shape index (κ2) is 21.4. The van der Waals surface area contributed by atoms with Crippen molar-refractivity contribution in [2.45, 2.75) is 137 Å². The highest BCUT2D eigenvalue weighted by Gasteiger charge is 2.44. The molecule has 1 aromatic heterocycles. The monoisotopic (exact) mass is 846 g/mol. The molecule has 1 saturated heterocycles. The summed E-state index contributed by atoms with van der Waals surface area (Å²) in [4.78, 5) is 71.2. The maximum atomic E-state index is 14.0. The minimum Gasteiger partial charge on any atom is -0.444 e. The highest BCUT2D eigenvalue weighted by atomic mass is 32.1. The molecule has 1 aliphatic heterocycles. The van der Waals surface area contributed by atoms with E-state index in [9.17, 15) is 29.1 Å². The molecule has 5 amide bonds. The van der Waals surface area contributed by atoms with Gasteiger partial charge in [-0.3, -0.25) is 19.2 Å². The maximum absolute atomic E-state index is 14.0. The molecule has 15 heteroatoms. The summed E-state index contributed by atoms with van der Waals surface area (Å²) in [6, 6.07) is 13.3. The van der Waals surface area contributed by atoms with Crippen molar-refractivity contribution in [2.75, 3.05) is 6.54 Å². The Kier molecular flexibility index (Phi) is 17.0. The number of aromatic nitrogens is 1. The van der Waals surface area contributed by atoms with Gasteiger partial charge < -0.3 is 41.2 Å². The molecule has 3 aromatic rings. The molecule has 5 atom stereocenters. The molecule has 14 nitrogen and oxygen atoms in total. The number of carbonyl (C=O) groups is 5. The number of β-amino-alcohol motifs (C(OH)–C–C–N with tert-alkyl or cyclic N) is 1. The number of nitrogens with zero attached hydrogens (tertiary/aromatic N) is 2. The number of alkyl carbamates (subject to hydrolysis) is 1. The van der Waals surface area contributed by atoms with Gasteiger partial charge in [-0.1, -0.05) is 81.5 Å². The number of ether oxygens (including phenoxy) is 2. The van der Waals surface area contributed by atoms with Crippen LogP contribution in [0.1, 0.15) is 103 Å². The molecule has 2 aromatic carbocycles. The largest absolute Gasteiger partial charge is 0.444 e. The molecule has 0 bridgehead atoms. The number of hydrogen-bond acceptors (Lipinski definition) is 10. The minimum absolute atomic E-state index is 0.00225. The topological polar surface area (TPSA) is 202 Å². The number of primary amides is 1. The number of aliphatic hydroxyl groups excluding tert-OH is 1. The van der Waals surface area contributed by atoms with Gasteiger partial charge in [-0.2, -0.15) is 0 Å². The normalized spacial score (nSPS) is 17.2. The van der Waals surface area contributed by atoms with E-state index >= 15 is 0 Å². The van der Waals surface area contributed by atoms with Crippen LogP contribution in [0.5, 0.6) is 0 Å². The third-order valence-corrected chi connectivity index (χ3v) is 11.0. The predicted molar refractivity (Wildman–Crippen MR) is 232 cm³/mol. The van der Waals surface area contributed by atoms with Crippen molar-refractivity contribution in [3.8, 4) is 10.4 Å². The number of hydrogen-bond donors (Lipinski definition) is 5. The quantitative estimate of drug-likeness (QED) is 0.105. The van der Waals surface area contributed by atoms with E-state index in [-0.39, 0.29) is 50.8 Å². The van der Waals surface area contributed by atoms with Gasteiger partial charge in [0.2, 0.25) is 23.6 Å². The number of allylic oxidation sites excluding steroid dienone is 1. The maximum Gasteiger partial charge on any atom is 0.407 e. The fraction of sp³-hybridized carbons (Fsp3) is 0.511. The lowest BCUT2D eigenvalue weighted by atomic mass is 9.85. The molecule has 2 heterocycles. The lowest BCUT2D eigenvalue weighted by Gasteiger charge is -2.35. The fourth-order valence-electron chi connectivity index (χ4n) is 6.70. The first-order valence-corrected chi connectivity index (χ1v) is 21.3. The van der Waals surface area contributed by atoms with Gasteiger partial charge in [0.25, 0.3) is 0 Å². The molecule has 326 valence electrons. The van der Waals surface area contributed by atoms with Gasteiger partial charge in [-0.05, 0) is 75.1 Å². The van der Waals surface area contributed by atoms with Crippen molar-refractivity contribution >= 4 is 47.1 Å². The summed E-state index contributed by atoms with van der Waals surface area (Å²) < 4.78 is 11.4. The van der Waals surface area contributed by atoms with Gasteiger partial charge in [0.05, 0.1) is 40.9 Å². The number of benzene rings is 2. The van der Waals surface area contributed by atoms with Crippen LogP contribution in [0.15, 0.2) is 60.1 Å². The SMILES string of the molecule is Cc1ncsc1-c1ccc(CNC(=O)[C@@H]2C[C@@H](O)CN2C(=O)C(NC(=O)CC/C=C/c2ccc(COC(C)C(CCC(N)=O)NC(=O)OC(C)(C)C)cc2)C(C)(C)C)cc1. The summed E-state index contributed by atoms with van der Waals surface area (Å²) in [5.74, 6) is -1.55. The molecule has 1 aliphatic rings. The fourth-order valence-corrected chi connectivity index (χ4v) is 7.51. The van der Waals surface area contributed by atoms with Crippen LogP contribution < -0.4 is 21.7 Å². The number of thiazole rings is 1. The van der Waals surface area contributed by atoms with E-state index in [1.54, 1.807) is 32.1 Å². The number of rotatable bonds is 18. The molecule has 0 spiro atoms. The standard InChI is InChI=1S/C45H62N6O8S/c1-28-39(60-27-48-28)33-19-17-31(18-20-33)24-47-41(55)36-23-34(52)25-51(36)42(56)40(44(3,4)5)50-38(54)12-10-9-11-30-13-15-32(16-14-30)26-58-29(2)35(21-22-37(46)53)49-43(57)59-45(6,7)8/h9,11,13-20,27,29,34-36,40,52H,10,12,21-26H2,1-8H3,(H2,46,53)(H,47,55)(H,49,57)(H,50,54)/b11-9+/t29?,34-,35?,36+,40?/m1/s1. The summed E-state index contributed by atoms with van der Waals surface area (Å²) in [6.45, 7) is 15.2. The highest BCUT2D eigenvalue weighted by molar-refractivity contribution is 7.13. The molecular formula is C45H62N6O8S. The zero-order chi connectivity index (χ0) is 44.2. The Morgan fingerprint density at radius 2 is 1.65 bits per heavy atom. The molecule has 0 radical (unpaired) electrons. The van der Waals surface area contributed by atoms with E-state index < -0.39 is 59.3 Å². The van der Waals surface area contributed by atoms with Crippen molar-refractivity contribution in [1.82, 2.24) is 25.8 Å². The predicted octanol–water partition coefficient (Wildman–Crippen LogP) is 5.78. The van der Waals surface area contributed by atoms with Crippen LogP contribution in [0.3, 0.4) is 0 Å². The molecule has 60 heavy (non-hydrogen) atoms. The van der Waals surface area contributed by atoms with Gasteiger partial charge in [-0.15, -0.1) is 11.3 Å². The first kappa shape index (κ1) is 47.6. The van der Waals surface area contributed by atoms with Crippen LogP contribution in [0, 0.1) is 12.3 Å². The van der Waals surface area contributed by atoms with Crippen LogP contribution >= 0.6 is 11.3 Å². The van der Waals surface area contributed by atoms with E-state index in [4.69, 9.17) is 15.2 Å². The van der Waals surface area contributed by atoms with Gasteiger partial charge in [0.1, 0.15) is 17.7 Å². The van der Waals surface area contributed by atoms with E-state index in [1.807, 2.05) is 101 Å². The number of nitrogens with one attached hydrogen (secondary N) is 3. The third-order valence-electron chi connectivity index (χ3n) is 10.0. The van der Waals surface area contributed by atoms with E-state index in [0.29, 0.717) is 12.8 Å². The molecule has 1 fully saturated rings. The Bertz CT molecular complexity index is 1950. The minimum atomic E-state index is -0.915. The van der Waals surface area contributed by atoms with Crippen LogP contribution in [0.25, 0.3) is 16.5 Å². The number of carbonyl (C=O) groups excluding carboxylic acids is 5. The Morgan fingerprint density at radius 1 is 0.983 bits per heavy atom. The summed E-state index contributed by atoms with van der Waals surface area (Å²) in [5.41, 5.74) is 10.5. The Balaban J connectivity index is 1.26. The van der Waals surface area contributed by atoms with Gasteiger partial charge >= 0.3 is 6.09 Å². The number of likely N-dealkylation sites (tertiary alicyclic amines) is 1. The van der Waals surface area contributed by atoms with Crippen LogP contribution in [-0.2, 0) is 41.8 Å². The van der Waals surface area contributed by atoms with Crippen molar-refractivity contribution in [1.29, 1.82) is 0 Å². The van der Waals surface area contributed by atoms with Crippen LogP contribution in [0.2, 0.25) is 0 Å². The van der Waals surface area contributed by atoms with E-state index in [0.717, 1.165) is 32.8 Å². The molecule has 6 N–H and O–H groups in total. The first-order chi connectivity index (χ1) is 28.2. The van der Waals surface area contributed by atoms with E-state index in [1.165, 1.54) is 4.90 Å². The van der Waals surface area contributed by atoms with Gasteiger partial charge in [0, 0.05) is 32.4 Å². The van der Waals surface area contributed by atoms with Gasteiger partial charge in [0.15, 0.2) is 0 Å². The Labute approximate surface area is 357 Å². The zero-order valence-electron chi connectivity index (χ0n) is 36.1. The number of aliphatic hydroxyl groups is 1. The Morgan fingerprint density at radius 3 is 2.25 bits per heavy atom. The van der Waals surface area contributed by atoms with Gasteiger partial charge in [-0.25, -0.2) is 9.78 Å². The zero-order valence-corrected chi connectivity index (χ0v) is 36.9. The summed E-state index contributed by atoms with van der Waals surface area (Å²) in [6.07, 6.45) is 2.96. The third kappa shape index (κ3) is 14.9. The van der Waals surface area contributed by atoms with Crippen LogP contribution in [-0.4, -0.2) is 87.2 Å². The summed E-state index contributed by atoms with van der Waals surface area (Å²) >= 11 is 1.57. The second-order valence-corrected chi connectivity index (χ2v) is 18.3. The molecule has 0 aliphatic carbocycles. The van der Waals surface area contributed by atoms with Crippen molar-refractivity contribution in [2.24, 2.45) is 11.1 Å². The summed E-state index contributed by atoms with van der Waals surface area (Å²) in [5, 5.41) is 19.2. The van der Waals surface area contributed by atoms with E-state index in [2.05, 4.69) is 20.9 Å². The smallest absolute Gasteiger partial charge is 0.407 e. The number of amides is 5. The average Bonchev–Trinajstić information content (AvgIpc) is 3.79. The number of nitrogens with two attached hydrogens (primary N) is 1. The average molecular weight is 847 g/mol.